The van der Waals surface area contributed by atoms with Crippen LogP contribution in [-0.2, 0) is 0 Å². The second kappa shape index (κ2) is 2.18. The van der Waals surface area contributed by atoms with E-state index in [4.69, 9.17) is 0 Å². The third-order valence-electron chi connectivity index (χ3n) is 1.06. The first-order valence-corrected chi connectivity index (χ1v) is 3.57. The Morgan fingerprint density at radius 2 is 2.50 bits per heavy atom. The molecule has 4 nitrogen and oxygen atoms in total. The van der Waals surface area contributed by atoms with Gasteiger partial charge in [-0.1, -0.05) is 0 Å². The molecule has 10 heavy (non-hydrogen) atoms. The minimum Gasteiger partial charge on any atom is -0.206 e. The molecule has 5 heteroatoms. The Labute approximate surface area is 61.3 Å². The average Bonchev–Trinajstić information content (AvgIpc) is 2.59. The fourth-order valence-corrected chi connectivity index (χ4v) is 1.07. The van der Waals surface area contributed by atoms with Crippen molar-refractivity contribution in [2.75, 3.05) is 0 Å². The summed E-state index contributed by atoms with van der Waals surface area (Å²) in [5.41, 5.74) is 1.68. The number of aromatic nitrogens is 4. The second-order valence-electron chi connectivity index (χ2n) is 1.68. The van der Waals surface area contributed by atoms with Crippen LogP contribution in [0.4, 0.5) is 0 Å². The van der Waals surface area contributed by atoms with Gasteiger partial charge in [0.2, 0.25) is 0 Å². The van der Waals surface area contributed by atoms with E-state index in [0.717, 1.165) is 0 Å². The fraction of sp³-hybridized carbons (Fsp3) is 0. The number of hydrogen-bond acceptors (Lipinski definition) is 4. The van der Waals surface area contributed by atoms with E-state index in [1.807, 2.05) is 12.3 Å². The summed E-state index contributed by atoms with van der Waals surface area (Å²) in [4.78, 5) is 3.97. The monoisotopic (exact) mass is 152 g/mol. The summed E-state index contributed by atoms with van der Waals surface area (Å²) in [6.07, 6.45) is 3.50. The van der Waals surface area contributed by atoms with Crippen molar-refractivity contribution >= 4 is 11.5 Å². The van der Waals surface area contributed by atoms with Crippen molar-refractivity contribution in [2.45, 2.75) is 0 Å². The van der Waals surface area contributed by atoms with Gasteiger partial charge < -0.3 is 0 Å². The van der Waals surface area contributed by atoms with Gasteiger partial charge in [-0.25, -0.2) is 9.67 Å². The summed E-state index contributed by atoms with van der Waals surface area (Å²) in [6.45, 7) is 0. The molecule has 2 aromatic rings. The molecule has 2 aromatic heterocycles. The van der Waals surface area contributed by atoms with Crippen LogP contribution < -0.4 is 0 Å². The lowest BCUT2D eigenvalue weighted by Crippen LogP contribution is -1.95. The van der Waals surface area contributed by atoms with Gasteiger partial charge in [-0.15, -0.1) is 0 Å². The first-order chi connectivity index (χ1) is 4.97. The van der Waals surface area contributed by atoms with E-state index in [-0.39, 0.29) is 0 Å². The summed E-state index contributed by atoms with van der Waals surface area (Å²) in [6, 6.07) is 1.83. The van der Waals surface area contributed by atoms with Crippen molar-refractivity contribution in [1.82, 2.24) is 19.1 Å². The molecule has 0 aromatic carbocycles. The van der Waals surface area contributed by atoms with Gasteiger partial charge in [-0.2, -0.15) is 9.47 Å². The molecule has 0 aliphatic carbocycles. The van der Waals surface area contributed by atoms with E-state index in [9.17, 15) is 0 Å². The number of rotatable bonds is 1. The fourth-order valence-electron chi connectivity index (χ4n) is 0.653. The Balaban J connectivity index is 2.48. The van der Waals surface area contributed by atoms with Crippen LogP contribution in [0.15, 0.2) is 24.0 Å². The van der Waals surface area contributed by atoms with E-state index < -0.39 is 0 Å². The molecule has 0 aliphatic heterocycles. The Morgan fingerprint density at radius 3 is 3.10 bits per heavy atom. The first kappa shape index (κ1) is 5.55. The van der Waals surface area contributed by atoms with Gasteiger partial charge in [0.25, 0.3) is 5.95 Å². The Kier molecular flexibility index (Phi) is 1.21. The molecular formula is C5H4N4S. The zero-order valence-electron chi connectivity index (χ0n) is 5.01. The van der Waals surface area contributed by atoms with Crippen molar-refractivity contribution in [3.8, 4) is 5.95 Å². The smallest absolute Gasteiger partial charge is 0.206 e. The Bertz CT molecular complexity index is 253. The van der Waals surface area contributed by atoms with Gasteiger partial charge in [0.1, 0.15) is 5.51 Å². The lowest BCUT2D eigenvalue weighted by Gasteiger charge is -1.88. The third-order valence-corrected chi connectivity index (χ3v) is 1.53. The normalized spacial score (nSPS) is 10.0. The quantitative estimate of drug-likeness (QED) is 0.604. The van der Waals surface area contributed by atoms with Crippen molar-refractivity contribution < 1.29 is 0 Å². The Morgan fingerprint density at radius 1 is 1.50 bits per heavy atom. The highest BCUT2D eigenvalue weighted by atomic mass is 32.1. The Hall–Kier alpha value is -1.23. The van der Waals surface area contributed by atoms with Gasteiger partial charge in [0.15, 0.2) is 0 Å². The summed E-state index contributed by atoms with van der Waals surface area (Å²) in [5, 5.41) is 3.96. The predicted molar refractivity (Wildman–Crippen MR) is 37.0 cm³/mol. The van der Waals surface area contributed by atoms with Crippen molar-refractivity contribution in [2.24, 2.45) is 0 Å². The van der Waals surface area contributed by atoms with Crippen LogP contribution in [0.5, 0.6) is 0 Å². The van der Waals surface area contributed by atoms with Gasteiger partial charge in [0.05, 0.1) is 0 Å². The molecule has 0 atom stereocenters. The van der Waals surface area contributed by atoms with Crippen LogP contribution in [0.3, 0.4) is 0 Å². The highest BCUT2D eigenvalue weighted by Crippen LogP contribution is 1.98. The minimum atomic E-state index is 0.634. The SMILES string of the molecule is c1cnn(-c2ncsn2)c1. The van der Waals surface area contributed by atoms with Crippen LogP contribution >= 0.6 is 11.5 Å². The largest absolute Gasteiger partial charge is 0.262 e. The zero-order valence-corrected chi connectivity index (χ0v) is 5.82. The van der Waals surface area contributed by atoms with Crippen molar-refractivity contribution in [3.05, 3.63) is 24.0 Å². The highest BCUT2D eigenvalue weighted by molar-refractivity contribution is 7.03. The maximum Gasteiger partial charge on any atom is 0.262 e. The lowest BCUT2D eigenvalue weighted by atomic mass is 10.7. The number of hydrogen-bond donors (Lipinski definition) is 0. The number of nitrogens with zero attached hydrogens (tertiary/aromatic N) is 4. The van der Waals surface area contributed by atoms with E-state index >= 15 is 0 Å². The summed E-state index contributed by atoms with van der Waals surface area (Å²) >= 11 is 1.32. The summed E-state index contributed by atoms with van der Waals surface area (Å²) in [7, 11) is 0. The van der Waals surface area contributed by atoms with Gasteiger partial charge in [-0.05, 0) is 17.6 Å². The van der Waals surface area contributed by atoms with Crippen molar-refractivity contribution in [1.29, 1.82) is 0 Å². The minimum absolute atomic E-state index is 0.634. The molecule has 0 amide bonds. The van der Waals surface area contributed by atoms with Crippen LogP contribution in [0.2, 0.25) is 0 Å². The molecule has 0 unspecified atom stereocenters. The predicted octanol–water partition coefficient (Wildman–Crippen LogP) is 0.724. The topological polar surface area (TPSA) is 43.6 Å². The molecule has 2 rings (SSSR count). The molecule has 0 saturated carbocycles. The first-order valence-electron chi connectivity index (χ1n) is 2.73. The van der Waals surface area contributed by atoms with E-state index in [0.29, 0.717) is 5.95 Å². The second-order valence-corrected chi connectivity index (χ2v) is 2.29. The zero-order chi connectivity index (χ0) is 6.81. The summed E-state index contributed by atoms with van der Waals surface area (Å²) < 4.78 is 5.61. The molecule has 0 bridgehead atoms. The maximum atomic E-state index is 3.99. The van der Waals surface area contributed by atoms with Gasteiger partial charge in [0, 0.05) is 12.4 Å². The van der Waals surface area contributed by atoms with Crippen LogP contribution in [0.25, 0.3) is 5.95 Å². The standard InChI is InChI=1S/C5H4N4S/c1-2-7-9(3-1)5-6-4-10-8-5/h1-4H. The van der Waals surface area contributed by atoms with Crippen LogP contribution in [-0.4, -0.2) is 19.1 Å². The maximum absolute atomic E-state index is 3.99. The molecule has 0 spiro atoms. The molecule has 2 heterocycles. The third kappa shape index (κ3) is 0.801. The van der Waals surface area contributed by atoms with Crippen LogP contribution in [0.1, 0.15) is 0 Å². The van der Waals surface area contributed by atoms with E-state index in [2.05, 4.69) is 14.5 Å². The van der Waals surface area contributed by atoms with Gasteiger partial charge >= 0.3 is 0 Å². The van der Waals surface area contributed by atoms with E-state index in [1.165, 1.54) is 11.5 Å². The molecule has 0 fully saturated rings. The lowest BCUT2D eigenvalue weighted by molar-refractivity contribution is 0.829. The molecule has 0 N–H and O–H groups in total. The average molecular weight is 152 g/mol. The molecule has 0 aliphatic rings. The highest BCUT2D eigenvalue weighted by Gasteiger charge is 1.96. The summed E-state index contributed by atoms with van der Waals surface area (Å²) in [5.74, 6) is 0.634. The van der Waals surface area contributed by atoms with E-state index in [1.54, 1.807) is 16.4 Å². The van der Waals surface area contributed by atoms with Crippen LogP contribution in [0, 0.1) is 0 Å². The molecular weight excluding hydrogens is 148 g/mol. The van der Waals surface area contributed by atoms with Gasteiger partial charge in [-0.3, -0.25) is 0 Å². The molecule has 50 valence electrons. The van der Waals surface area contributed by atoms with Crippen molar-refractivity contribution in [3.63, 3.8) is 0 Å². The molecule has 0 saturated heterocycles. The molecule has 0 radical (unpaired) electrons.